The first-order valence-electron chi connectivity index (χ1n) is 6.49. The first-order valence-corrected chi connectivity index (χ1v) is 6.87. The summed E-state index contributed by atoms with van der Waals surface area (Å²) < 4.78 is 0. The van der Waals surface area contributed by atoms with E-state index in [1.807, 2.05) is 7.05 Å². The Bertz CT molecular complexity index is 465. The molecule has 5 nitrogen and oxygen atoms in total. The van der Waals surface area contributed by atoms with Crippen LogP contribution in [0.3, 0.4) is 0 Å². The van der Waals surface area contributed by atoms with Crippen LogP contribution in [0.2, 0.25) is 5.02 Å². The van der Waals surface area contributed by atoms with Crippen molar-refractivity contribution in [3.8, 4) is 0 Å². The summed E-state index contributed by atoms with van der Waals surface area (Å²) in [4.78, 5) is 12.9. The first kappa shape index (κ1) is 14.1. The quantitative estimate of drug-likeness (QED) is 0.682. The monoisotopic (exact) mass is 283 g/mol. The number of nitrogens with zero attached hydrogens (tertiary/aromatic N) is 2. The third-order valence-corrected chi connectivity index (χ3v) is 3.82. The van der Waals surface area contributed by atoms with Gasteiger partial charge in [-0.05, 0) is 32.4 Å². The highest BCUT2D eigenvalue weighted by Crippen LogP contribution is 2.38. The van der Waals surface area contributed by atoms with Gasteiger partial charge in [0.2, 0.25) is 0 Å². The van der Waals surface area contributed by atoms with Crippen LogP contribution in [0, 0.1) is 10.1 Å². The second-order valence-electron chi connectivity index (χ2n) is 4.77. The van der Waals surface area contributed by atoms with Gasteiger partial charge in [-0.1, -0.05) is 17.7 Å². The van der Waals surface area contributed by atoms with Crippen LogP contribution < -0.4 is 10.2 Å². The number of benzene rings is 1. The van der Waals surface area contributed by atoms with E-state index >= 15 is 0 Å². The molecule has 1 aromatic carbocycles. The number of halogens is 1. The summed E-state index contributed by atoms with van der Waals surface area (Å²) in [6.45, 7) is 1.62. The molecule has 0 bridgehead atoms. The summed E-state index contributed by atoms with van der Waals surface area (Å²) in [6, 6.07) is 5.12. The number of rotatable bonds is 4. The van der Waals surface area contributed by atoms with Crippen LogP contribution in [0.1, 0.15) is 19.3 Å². The van der Waals surface area contributed by atoms with E-state index in [4.69, 9.17) is 11.6 Å². The Balaban J connectivity index is 2.40. The number of anilines is 1. The van der Waals surface area contributed by atoms with Crippen LogP contribution in [0.5, 0.6) is 0 Å². The van der Waals surface area contributed by atoms with E-state index in [0.717, 1.165) is 32.4 Å². The molecule has 0 aliphatic carbocycles. The molecule has 1 atom stereocenters. The second-order valence-corrected chi connectivity index (χ2v) is 5.17. The minimum Gasteiger partial charge on any atom is -0.361 e. The molecule has 0 spiro atoms. The summed E-state index contributed by atoms with van der Waals surface area (Å²) in [7, 11) is 1.90. The molecule has 0 radical (unpaired) electrons. The van der Waals surface area contributed by atoms with Crippen molar-refractivity contribution < 1.29 is 4.92 Å². The molecule has 1 unspecified atom stereocenters. The topological polar surface area (TPSA) is 58.4 Å². The Morgan fingerprint density at radius 3 is 3.00 bits per heavy atom. The van der Waals surface area contributed by atoms with Crippen molar-refractivity contribution in [2.75, 3.05) is 25.0 Å². The zero-order valence-electron chi connectivity index (χ0n) is 10.9. The maximum atomic E-state index is 11.2. The van der Waals surface area contributed by atoms with Crippen molar-refractivity contribution in [1.29, 1.82) is 0 Å². The number of piperidine rings is 1. The number of para-hydroxylation sites is 1. The number of nitrogens with one attached hydrogen (secondary N) is 1. The van der Waals surface area contributed by atoms with Crippen molar-refractivity contribution in [3.05, 3.63) is 33.3 Å². The van der Waals surface area contributed by atoms with Gasteiger partial charge in [-0.2, -0.15) is 0 Å². The van der Waals surface area contributed by atoms with Gasteiger partial charge in [0.15, 0.2) is 0 Å². The SMILES string of the molecule is CNCC1CCCCN1c1c(Cl)cccc1[N+](=O)[O-]. The fourth-order valence-electron chi connectivity index (χ4n) is 2.68. The average Bonchev–Trinajstić information content (AvgIpc) is 2.40. The average molecular weight is 284 g/mol. The minimum absolute atomic E-state index is 0.0931. The Labute approximate surface area is 117 Å². The van der Waals surface area contributed by atoms with Crippen LogP contribution in [0.15, 0.2) is 18.2 Å². The number of likely N-dealkylation sites (N-methyl/N-ethyl adjacent to an activating group) is 1. The standard InChI is InChI=1S/C13H18ClN3O2/c1-15-9-10-5-2-3-8-16(10)13-11(14)6-4-7-12(13)17(18)19/h4,6-7,10,15H,2-3,5,8-9H2,1H3. The van der Waals surface area contributed by atoms with E-state index in [-0.39, 0.29) is 16.7 Å². The van der Waals surface area contributed by atoms with Gasteiger partial charge in [-0.25, -0.2) is 0 Å². The number of nitro benzene ring substituents is 1. The molecule has 1 aliphatic heterocycles. The van der Waals surface area contributed by atoms with Crippen LogP contribution in [0.25, 0.3) is 0 Å². The van der Waals surface area contributed by atoms with E-state index in [2.05, 4.69) is 10.2 Å². The third kappa shape index (κ3) is 2.98. The van der Waals surface area contributed by atoms with E-state index in [9.17, 15) is 10.1 Å². The fraction of sp³-hybridized carbons (Fsp3) is 0.538. The molecule has 1 saturated heterocycles. The van der Waals surface area contributed by atoms with Crippen molar-refractivity contribution in [2.45, 2.75) is 25.3 Å². The normalized spacial score (nSPS) is 19.5. The largest absolute Gasteiger partial charge is 0.361 e. The lowest BCUT2D eigenvalue weighted by atomic mass is 10.0. The van der Waals surface area contributed by atoms with E-state index in [1.165, 1.54) is 6.07 Å². The van der Waals surface area contributed by atoms with Gasteiger partial charge in [-0.15, -0.1) is 0 Å². The zero-order chi connectivity index (χ0) is 13.8. The minimum atomic E-state index is -0.355. The molecule has 0 saturated carbocycles. The molecule has 1 aromatic rings. The molecule has 104 valence electrons. The molecule has 1 N–H and O–H groups in total. The van der Waals surface area contributed by atoms with Crippen molar-refractivity contribution in [1.82, 2.24) is 5.32 Å². The molecule has 1 aliphatic rings. The Morgan fingerprint density at radius 1 is 1.53 bits per heavy atom. The lowest BCUT2D eigenvalue weighted by Gasteiger charge is -2.37. The van der Waals surface area contributed by atoms with E-state index in [1.54, 1.807) is 12.1 Å². The van der Waals surface area contributed by atoms with Crippen molar-refractivity contribution in [2.24, 2.45) is 0 Å². The third-order valence-electron chi connectivity index (χ3n) is 3.52. The summed E-state index contributed by atoms with van der Waals surface area (Å²) in [5, 5.41) is 14.8. The predicted molar refractivity (Wildman–Crippen MR) is 77.0 cm³/mol. The van der Waals surface area contributed by atoms with Crippen molar-refractivity contribution in [3.63, 3.8) is 0 Å². The van der Waals surface area contributed by atoms with Gasteiger partial charge in [0.1, 0.15) is 5.69 Å². The highest BCUT2D eigenvalue weighted by atomic mass is 35.5. The Kier molecular flexibility index (Phi) is 4.61. The molecular weight excluding hydrogens is 266 g/mol. The molecule has 1 heterocycles. The second kappa shape index (κ2) is 6.21. The lowest BCUT2D eigenvalue weighted by Crippen LogP contribution is -2.45. The number of hydrogen-bond donors (Lipinski definition) is 1. The van der Waals surface area contributed by atoms with Gasteiger partial charge in [0, 0.05) is 25.2 Å². The van der Waals surface area contributed by atoms with Crippen LogP contribution in [-0.2, 0) is 0 Å². The summed E-state index contributed by atoms with van der Waals surface area (Å²) in [5.41, 5.74) is 0.657. The molecule has 0 amide bonds. The van der Waals surface area contributed by atoms with E-state index < -0.39 is 0 Å². The maximum Gasteiger partial charge on any atom is 0.294 e. The molecular formula is C13H18ClN3O2. The van der Waals surface area contributed by atoms with Gasteiger partial charge >= 0.3 is 0 Å². The van der Waals surface area contributed by atoms with Gasteiger partial charge in [0.05, 0.1) is 9.95 Å². The van der Waals surface area contributed by atoms with E-state index in [0.29, 0.717) is 10.7 Å². The van der Waals surface area contributed by atoms with Gasteiger partial charge in [0.25, 0.3) is 5.69 Å². The maximum absolute atomic E-state index is 11.2. The van der Waals surface area contributed by atoms with Crippen molar-refractivity contribution >= 4 is 23.0 Å². The summed E-state index contributed by atoms with van der Waals surface area (Å²) in [5.74, 6) is 0. The van der Waals surface area contributed by atoms with Gasteiger partial charge in [-0.3, -0.25) is 10.1 Å². The van der Waals surface area contributed by atoms with Gasteiger partial charge < -0.3 is 10.2 Å². The zero-order valence-corrected chi connectivity index (χ0v) is 11.7. The summed E-state index contributed by atoms with van der Waals surface area (Å²) >= 11 is 6.21. The highest BCUT2D eigenvalue weighted by Gasteiger charge is 2.29. The first-order chi connectivity index (χ1) is 9.15. The Hall–Kier alpha value is -1.33. The number of nitro groups is 1. The molecule has 1 fully saturated rings. The Morgan fingerprint density at radius 2 is 2.32 bits per heavy atom. The molecule has 2 rings (SSSR count). The van der Waals surface area contributed by atoms with Crippen LogP contribution >= 0.6 is 11.6 Å². The van der Waals surface area contributed by atoms with Crippen LogP contribution in [-0.4, -0.2) is 31.1 Å². The highest BCUT2D eigenvalue weighted by molar-refractivity contribution is 6.33. The predicted octanol–water partition coefficient (Wildman–Crippen LogP) is 2.83. The molecule has 19 heavy (non-hydrogen) atoms. The molecule has 0 aromatic heterocycles. The molecule has 6 heteroatoms. The lowest BCUT2D eigenvalue weighted by molar-refractivity contribution is -0.384. The smallest absolute Gasteiger partial charge is 0.294 e. The number of hydrogen-bond acceptors (Lipinski definition) is 4. The summed E-state index contributed by atoms with van der Waals surface area (Å²) in [6.07, 6.45) is 3.23. The fourth-order valence-corrected chi connectivity index (χ4v) is 2.96. The van der Waals surface area contributed by atoms with Crippen LogP contribution in [0.4, 0.5) is 11.4 Å².